The van der Waals surface area contributed by atoms with E-state index in [9.17, 15) is 59.4 Å². The lowest BCUT2D eigenvalue weighted by Gasteiger charge is -2.25. The van der Waals surface area contributed by atoms with Gasteiger partial charge in [-0.3, -0.25) is 50.1 Å². The van der Waals surface area contributed by atoms with Crippen molar-refractivity contribution in [1.29, 1.82) is 0 Å². The molecular weight excluding hydrogens is 1580 g/mol. The summed E-state index contributed by atoms with van der Waals surface area (Å²) in [6.07, 6.45) is 15.2. The van der Waals surface area contributed by atoms with Gasteiger partial charge in [-0.25, -0.2) is 19.2 Å². The molecule has 1 aliphatic heterocycles. The number of amides is 4. The van der Waals surface area contributed by atoms with Gasteiger partial charge in [-0.15, -0.1) is 20.5 Å². The van der Waals surface area contributed by atoms with Gasteiger partial charge in [-0.2, -0.15) is 20.5 Å². The van der Waals surface area contributed by atoms with E-state index in [-0.39, 0.29) is 39.4 Å². The van der Waals surface area contributed by atoms with Crippen LogP contribution in [0.4, 0.5) is 73.0 Å². The summed E-state index contributed by atoms with van der Waals surface area (Å²) < 4.78 is 0. The monoisotopic (exact) mass is 1650 g/mol. The Morgan fingerprint density at radius 3 is 1.17 bits per heavy atom. The Bertz CT molecular complexity index is 6340. The molecule has 12 N–H and O–H groups in total. The number of phenols is 3. The standard InChI is InChI=1S/C40H31N7O6.C29H24N6O3.C22H20N8O3/c48-37-32(19-24-9-1-3-13-29(24)35(37)39(50)51)45-43-26-15-16-34(47(22-27-11-5-7-17-41-27)23-28-12-6-8-18-42-28)31(21-26)44-46-33-20-25-10-2-4-14-30(25)36(38(33)49)40(52)53;30-24-16-20(33-34-25-15-19-7-1-2-10-23(19)27(28(25)36)29(37)38)11-12-26(24)35(17-21-8-3-5-13-31-21)18-22-9-4-6-14-32-22;23-14-7-8-18(17(11-14)28-29-19-20(31)26-22(33)27-21(19)32)30(12-15-5-1-3-9-24-15)13-16-6-2-4-10-25-16/h2-8,10-21,48-49H,1,9,22-23H2,(H,50,51)(H,52,53);1-16,36H,17-18,30H2,(H,37,38);1-11,19H,12-13,23H2,(H2,26,27,31,32,33). The van der Waals surface area contributed by atoms with Crippen LogP contribution in [0.15, 0.2) is 315 Å². The maximum Gasteiger partial charge on any atom is 0.340 e. The number of rotatable bonds is 26. The first kappa shape index (κ1) is 83.2. The molecule has 33 heteroatoms. The molecule has 0 radical (unpaired) electrons. The fraction of sp³-hybridized carbons (Fsp3) is 0.0989. The second-order valence-electron chi connectivity index (χ2n) is 27.9. The lowest BCUT2D eigenvalue weighted by Crippen LogP contribution is -2.57. The number of fused-ring (bicyclic) bond motifs is 3. The molecule has 616 valence electrons. The quantitative estimate of drug-likeness (QED) is 0.0137. The highest BCUT2D eigenvalue weighted by atomic mass is 16.4. The van der Waals surface area contributed by atoms with Gasteiger partial charge < -0.3 is 56.8 Å². The molecule has 0 spiro atoms. The topological polar surface area (TPSA) is 486 Å². The van der Waals surface area contributed by atoms with Crippen LogP contribution in [0.25, 0.3) is 27.6 Å². The van der Waals surface area contributed by atoms with Crippen LogP contribution in [0.5, 0.6) is 17.2 Å². The van der Waals surface area contributed by atoms with E-state index in [0.717, 1.165) is 51.8 Å². The highest BCUT2D eigenvalue weighted by molar-refractivity contribution is 6.19. The fourth-order valence-electron chi connectivity index (χ4n) is 13.7. The van der Waals surface area contributed by atoms with E-state index in [2.05, 4.69) is 75.7 Å². The Balaban J connectivity index is 0.000000157. The smallest absolute Gasteiger partial charge is 0.340 e. The number of carbonyl (C=O) groups excluding carboxylic acids is 3. The van der Waals surface area contributed by atoms with Gasteiger partial charge in [0.25, 0.3) is 11.8 Å². The molecule has 124 heavy (non-hydrogen) atoms. The number of nitrogens with one attached hydrogen (secondary N) is 2. The number of hydrogen-bond donors (Lipinski definition) is 10. The zero-order chi connectivity index (χ0) is 86.6. The van der Waals surface area contributed by atoms with Crippen molar-refractivity contribution < 1.29 is 59.4 Å². The van der Waals surface area contributed by atoms with E-state index in [1.807, 2.05) is 142 Å². The summed E-state index contributed by atoms with van der Waals surface area (Å²) in [5.74, 6) is -7.02. The first-order chi connectivity index (χ1) is 60.2. The molecule has 16 rings (SSSR count). The molecule has 0 bridgehead atoms. The van der Waals surface area contributed by atoms with Crippen LogP contribution in [0.2, 0.25) is 0 Å². The van der Waals surface area contributed by atoms with Crippen LogP contribution >= 0.6 is 0 Å². The van der Waals surface area contributed by atoms with Crippen LogP contribution in [0, 0.1) is 0 Å². The number of benzene rings is 8. The van der Waals surface area contributed by atoms with Gasteiger partial charge in [-0.1, -0.05) is 97.1 Å². The van der Waals surface area contributed by atoms with Crippen LogP contribution in [-0.4, -0.2) is 102 Å². The number of nitrogens with two attached hydrogens (primary N) is 2. The Morgan fingerprint density at radius 2 is 0.750 bits per heavy atom. The molecule has 1 saturated heterocycles. The molecule has 33 nitrogen and oxygen atoms in total. The number of aromatic carboxylic acids is 3. The number of anilines is 5. The van der Waals surface area contributed by atoms with E-state index >= 15 is 0 Å². The number of imide groups is 2. The number of nitrogens with zero attached hydrogens (tertiary/aromatic N) is 17. The minimum atomic E-state index is -1.49. The Hall–Kier alpha value is -17.3. The summed E-state index contributed by atoms with van der Waals surface area (Å²) in [7, 11) is 0. The molecule has 14 aromatic rings. The summed E-state index contributed by atoms with van der Waals surface area (Å²) in [6.45, 7) is 2.60. The number of carboxylic acids is 3. The third-order valence-corrected chi connectivity index (χ3v) is 19.4. The lowest BCUT2D eigenvalue weighted by atomic mass is 9.91. The molecule has 4 amide bonds. The van der Waals surface area contributed by atoms with Gasteiger partial charge >= 0.3 is 23.9 Å². The van der Waals surface area contributed by atoms with Gasteiger partial charge in [0, 0.05) is 53.6 Å². The number of allylic oxidation sites excluding steroid dienone is 1. The SMILES string of the molecule is Nc1cc(N=Nc2cc3ccccc3c(C(=O)O)c2O)ccc1N(Cc1ccccn1)Cc1ccccn1.Nc1ccc(N(Cc2ccccn2)Cc2ccccn2)c(N=NC2C(=O)NC(=O)NC2=O)c1.O=C(O)c1c(O)c(N=Nc2ccc(N(Cc3ccccn3)Cc3ccccn3)c(N=Nc3cc4ccccc4c(C(=O)O)c3O)c2)cc2c1C=CCC2. The predicted octanol–water partition coefficient (Wildman–Crippen LogP) is 17.8. The van der Waals surface area contributed by atoms with E-state index in [1.165, 1.54) is 0 Å². The third-order valence-electron chi connectivity index (χ3n) is 19.4. The Labute approximate surface area is 706 Å². The molecule has 0 unspecified atom stereocenters. The second kappa shape index (κ2) is 38.9. The average Bonchev–Trinajstić information content (AvgIpc) is 0.777. The van der Waals surface area contributed by atoms with Gasteiger partial charge in [0.2, 0.25) is 6.04 Å². The average molecular weight is 1650 g/mol. The molecule has 0 saturated carbocycles. The molecule has 8 aromatic carbocycles. The largest absolute Gasteiger partial charge is 0.505 e. The molecular formula is C91H75N21O12. The third kappa shape index (κ3) is 20.5. The molecule has 6 aromatic heterocycles. The van der Waals surface area contributed by atoms with Crippen molar-refractivity contribution in [2.75, 3.05) is 26.2 Å². The maximum absolute atomic E-state index is 12.2. The van der Waals surface area contributed by atoms with E-state index in [4.69, 9.17) is 11.5 Å². The normalized spacial score (nSPS) is 12.5. The number of pyridine rings is 6. The second-order valence-corrected chi connectivity index (χ2v) is 27.9. The summed E-state index contributed by atoms with van der Waals surface area (Å²) in [6, 6.07) is 65.4. The number of aromatic hydroxyl groups is 3. The van der Waals surface area contributed by atoms with Crippen LogP contribution in [0.1, 0.15) is 82.8 Å². The van der Waals surface area contributed by atoms with Gasteiger partial charge in [0.05, 0.1) is 108 Å². The minimum Gasteiger partial charge on any atom is -0.505 e. The summed E-state index contributed by atoms with van der Waals surface area (Å²) in [5.41, 5.74) is 22.0. The summed E-state index contributed by atoms with van der Waals surface area (Å²) in [4.78, 5) is 104. The molecule has 1 fully saturated rings. The number of carbonyl (C=O) groups is 6. The first-order valence-electron chi connectivity index (χ1n) is 38.4. The molecule has 2 aliphatic rings. The number of aromatic nitrogens is 6. The number of aryl methyl sites for hydroxylation is 1. The Morgan fingerprint density at radius 1 is 0.387 bits per heavy atom. The number of hydrogen-bond acceptors (Lipinski definition) is 28. The van der Waals surface area contributed by atoms with E-state index < -0.39 is 59.0 Å². The minimum absolute atomic E-state index is 0.00193. The van der Waals surface area contributed by atoms with E-state index in [1.54, 1.807) is 159 Å². The first-order valence-corrected chi connectivity index (χ1v) is 38.4. The zero-order valence-electron chi connectivity index (χ0n) is 65.7. The van der Waals surface area contributed by atoms with Crippen molar-refractivity contribution in [2.24, 2.45) is 40.9 Å². The predicted molar refractivity (Wildman–Crippen MR) is 463 cm³/mol. The van der Waals surface area contributed by atoms with E-state index in [0.29, 0.717) is 113 Å². The number of nitrogen functional groups attached to an aromatic ring is 2. The van der Waals surface area contributed by atoms with Crippen molar-refractivity contribution in [3.8, 4) is 17.2 Å². The van der Waals surface area contributed by atoms with Gasteiger partial charge in [-0.05, 0) is 180 Å². The van der Waals surface area contributed by atoms with Crippen molar-refractivity contribution >= 4 is 132 Å². The van der Waals surface area contributed by atoms with Crippen LogP contribution in [0.3, 0.4) is 0 Å². The Kier molecular flexibility index (Phi) is 26.1. The van der Waals surface area contributed by atoms with Crippen molar-refractivity contribution in [3.63, 3.8) is 0 Å². The van der Waals surface area contributed by atoms with Gasteiger partial charge in [0.15, 0.2) is 17.2 Å². The fourth-order valence-corrected chi connectivity index (χ4v) is 13.7. The number of barbiturate groups is 1. The number of azo groups is 4. The number of urea groups is 1. The van der Waals surface area contributed by atoms with Crippen LogP contribution in [-0.2, 0) is 55.3 Å². The molecule has 1 aliphatic carbocycles. The maximum atomic E-state index is 12.2. The molecule has 7 heterocycles. The number of carboxylic acid groups (broad SMARTS) is 3. The molecule has 0 atom stereocenters. The van der Waals surface area contributed by atoms with Crippen LogP contribution < -0.4 is 36.8 Å². The lowest BCUT2D eigenvalue weighted by molar-refractivity contribution is -0.131. The van der Waals surface area contributed by atoms with Gasteiger partial charge in [0.1, 0.15) is 45.1 Å². The van der Waals surface area contributed by atoms with Crippen molar-refractivity contribution in [3.05, 3.63) is 336 Å². The highest BCUT2D eigenvalue weighted by Gasteiger charge is 2.35. The summed E-state index contributed by atoms with van der Waals surface area (Å²) in [5, 5.41) is 102. The zero-order valence-corrected chi connectivity index (χ0v) is 65.7. The van der Waals surface area contributed by atoms with Crippen molar-refractivity contribution in [2.45, 2.75) is 58.2 Å². The summed E-state index contributed by atoms with van der Waals surface area (Å²) >= 11 is 0. The highest BCUT2D eigenvalue weighted by Crippen LogP contribution is 2.45. The van der Waals surface area contributed by atoms with Crippen molar-refractivity contribution in [1.82, 2.24) is 40.5 Å².